The minimum absolute atomic E-state index is 0.00227. The first-order valence-corrected chi connectivity index (χ1v) is 15.1. The van der Waals surface area contributed by atoms with Crippen LogP contribution in [0.25, 0.3) is 0 Å². The number of carbonyl (C=O) groups excluding carboxylic acids is 4. The Morgan fingerprint density at radius 3 is 2.50 bits per heavy atom. The van der Waals surface area contributed by atoms with Gasteiger partial charge in [-0.05, 0) is 20.8 Å². The monoisotopic (exact) mass is 687 g/mol. The summed E-state index contributed by atoms with van der Waals surface area (Å²) in [5, 5.41) is 32.6. The van der Waals surface area contributed by atoms with Gasteiger partial charge in [-0.3, -0.25) is 23.7 Å². The van der Waals surface area contributed by atoms with Crippen LogP contribution in [0.5, 0.6) is 5.75 Å². The number of carbonyl (C=O) groups is 5. The van der Waals surface area contributed by atoms with E-state index in [1.54, 1.807) is 0 Å². The molecule has 1 aliphatic heterocycles. The van der Waals surface area contributed by atoms with E-state index in [2.05, 4.69) is 36.4 Å². The number of nitrogens with one attached hydrogen (secondary N) is 5. The minimum atomic E-state index is -5.15. The largest absolute Gasteiger partial charge is 0.503 e. The third-order valence-corrected chi connectivity index (χ3v) is 7.80. The molecule has 0 unspecified atom stereocenters. The Bertz CT molecular complexity index is 1740. The lowest BCUT2D eigenvalue weighted by Crippen LogP contribution is -2.74. The number of nitrogens with zero attached hydrogens (tertiary/aromatic N) is 3. The fraction of sp³-hybridized carbons (Fsp3) is 0.391. The number of hydrogen-bond acceptors (Lipinski definition) is 14. The number of carboxylic acid groups (broad SMARTS) is 1. The van der Waals surface area contributed by atoms with E-state index in [1.165, 1.54) is 12.3 Å². The number of hydrogen-bond donors (Lipinski definition) is 9. The highest BCUT2D eigenvalue weighted by Gasteiger charge is 2.54. The summed E-state index contributed by atoms with van der Waals surface area (Å²) in [5.74, 6) is -5.27. The maximum absolute atomic E-state index is 13.2. The zero-order valence-corrected chi connectivity index (χ0v) is 25.8. The number of nitrogen functional groups attached to an aromatic ring is 1. The van der Waals surface area contributed by atoms with E-state index in [1.807, 2.05) is 0 Å². The first-order chi connectivity index (χ1) is 21.3. The number of rotatable bonds is 13. The van der Waals surface area contributed by atoms with Gasteiger partial charge in [0.15, 0.2) is 16.6 Å². The molecule has 5 amide bonds. The molecule has 250 valence electrons. The standard InChI is InChI=1S/C23H29N9O12S2/c1-9(28-22(40)27-5-10-4-13(33)14(34)7-25-10)17(35)26-6-12-16(19(37)32(12)46(41,42)43)30-18(36)15(11-8-45-21(24)29-11)31-44-23(2,3)20(38)39/h4,7-9,12,16,34H,5-6H2,1-3H3,(H2,24,29)(H,25,33)(H,26,35)(H,30,36)(H,38,39)(H2,27,28,40)(H,41,42,43)/b31-15-/t9-,12+,16-/m0/s1. The highest BCUT2D eigenvalue weighted by atomic mass is 32.2. The Balaban J connectivity index is 1.68. The Labute approximate surface area is 263 Å². The molecule has 2 aromatic rings. The molecule has 21 nitrogen and oxygen atoms in total. The number of anilines is 1. The van der Waals surface area contributed by atoms with E-state index in [4.69, 9.17) is 10.6 Å². The van der Waals surface area contributed by atoms with Crippen molar-refractivity contribution in [1.29, 1.82) is 0 Å². The zero-order valence-electron chi connectivity index (χ0n) is 24.1. The third kappa shape index (κ3) is 8.45. The van der Waals surface area contributed by atoms with Gasteiger partial charge in [0.05, 0.1) is 12.6 Å². The maximum Gasteiger partial charge on any atom is 0.362 e. The molecule has 10 N–H and O–H groups in total. The number of amides is 5. The highest BCUT2D eigenvalue weighted by Crippen LogP contribution is 2.24. The molecule has 1 fully saturated rings. The zero-order chi connectivity index (χ0) is 34.6. The molecule has 3 atom stereocenters. The number of nitrogens with two attached hydrogens (primary N) is 1. The van der Waals surface area contributed by atoms with Crippen LogP contribution in [-0.2, 0) is 40.9 Å². The van der Waals surface area contributed by atoms with E-state index >= 15 is 0 Å². The fourth-order valence-electron chi connectivity index (χ4n) is 3.63. The van der Waals surface area contributed by atoms with E-state index < -0.39 is 87.2 Å². The summed E-state index contributed by atoms with van der Waals surface area (Å²) in [4.78, 5) is 85.0. The number of urea groups is 1. The van der Waals surface area contributed by atoms with Gasteiger partial charge in [0.2, 0.25) is 16.9 Å². The van der Waals surface area contributed by atoms with Crippen molar-refractivity contribution >= 4 is 62.2 Å². The summed E-state index contributed by atoms with van der Waals surface area (Å²) >= 11 is 0.896. The maximum atomic E-state index is 13.2. The van der Waals surface area contributed by atoms with Crippen molar-refractivity contribution in [3.8, 4) is 5.75 Å². The van der Waals surface area contributed by atoms with Crippen LogP contribution in [0.15, 0.2) is 27.6 Å². The molecule has 0 saturated carbocycles. The van der Waals surface area contributed by atoms with E-state index in [0.29, 0.717) is 0 Å². The van der Waals surface area contributed by atoms with Crippen LogP contribution < -0.4 is 32.4 Å². The molecule has 1 aliphatic rings. The number of β-lactam (4-membered cyclic amide) rings is 1. The number of aliphatic carboxylic acids is 1. The van der Waals surface area contributed by atoms with Crippen molar-refractivity contribution in [3.63, 3.8) is 0 Å². The number of carboxylic acids is 1. The second kappa shape index (κ2) is 13.8. The average Bonchev–Trinajstić information content (AvgIpc) is 3.38. The van der Waals surface area contributed by atoms with Crippen LogP contribution in [0.4, 0.5) is 9.93 Å². The molecule has 0 bridgehead atoms. The van der Waals surface area contributed by atoms with Crippen LogP contribution >= 0.6 is 11.3 Å². The summed E-state index contributed by atoms with van der Waals surface area (Å²) in [7, 11) is -5.15. The number of aromatic hydroxyl groups is 1. The summed E-state index contributed by atoms with van der Waals surface area (Å²) in [6, 6.07) is -4.23. The van der Waals surface area contributed by atoms with Crippen LogP contribution in [0.2, 0.25) is 0 Å². The second-order valence-electron chi connectivity index (χ2n) is 10.0. The Morgan fingerprint density at radius 1 is 1.26 bits per heavy atom. The van der Waals surface area contributed by atoms with Gasteiger partial charge in [-0.15, -0.1) is 11.3 Å². The van der Waals surface area contributed by atoms with Gasteiger partial charge in [-0.25, -0.2) is 18.9 Å². The Kier molecular flexibility index (Phi) is 10.5. The van der Waals surface area contributed by atoms with Crippen molar-refractivity contribution < 1.29 is 52.0 Å². The molecular weight excluding hydrogens is 658 g/mol. The first kappa shape index (κ1) is 35.2. The lowest BCUT2D eigenvalue weighted by molar-refractivity contribution is -0.161. The lowest BCUT2D eigenvalue weighted by Gasteiger charge is -2.44. The summed E-state index contributed by atoms with van der Waals surface area (Å²) in [5.41, 5.74) is 2.48. The molecule has 1 saturated heterocycles. The first-order valence-electron chi connectivity index (χ1n) is 12.9. The quantitative estimate of drug-likeness (QED) is 0.0445. The van der Waals surface area contributed by atoms with Gasteiger partial charge in [0.1, 0.15) is 17.8 Å². The van der Waals surface area contributed by atoms with Gasteiger partial charge >= 0.3 is 22.3 Å². The fourth-order valence-corrected chi connectivity index (χ4v) is 5.05. The smallest absolute Gasteiger partial charge is 0.362 e. The van der Waals surface area contributed by atoms with E-state index in [-0.39, 0.29) is 27.4 Å². The highest BCUT2D eigenvalue weighted by molar-refractivity contribution is 7.84. The average molecular weight is 688 g/mol. The SMILES string of the molecule is C[C@H](NC(=O)NCc1cc(=O)c(O)c[nH]1)C(=O)NC[C@@H]1[C@H](NC(=O)/C(=N\OC(C)(C)C(=O)O)c2csc(N)n2)C(=O)N1S(=O)(=O)O. The van der Waals surface area contributed by atoms with Crippen molar-refractivity contribution in [2.45, 2.75) is 51.0 Å². The van der Waals surface area contributed by atoms with Crippen LogP contribution in [-0.4, -0.2) is 103 Å². The van der Waals surface area contributed by atoms with Gasteiger partial charge < -0.3 is 47.0 Å². The van der Waals surface area contributed by atoms with Crippen molar-refractivity contribution in [2.24, 2.45) is 5.16 Å². The summed E-state index contributed by atoms with van der Waals surface area (Å²) < 4.78 is 33.3. The third-order valence-electron chi connectivity index (χ3n) is 6.18. The number of thiazole rings is 1. The van der Waals surface area contributed by atoms with E-state index in [9.17, 15) is 52.0 Å². The lowest BCUT2D eigenvalue weighted by atomic mass is 9.98. The summed E-state index contributed by atoms with van der Waals surface area (Å²) in [6.45, 7) is 2.72. The van der Waals surface area contributed by atoms with Gasteiger partial charge in [0.25, 0.3) is 11.8 Å². The van der Waals surface area contributed by atoms with Crippen LogP contribution in [0, 0.1) is 0 Å². The molecule has 46 heavy (non-hydrogen) atoms. The van der Waals surface area contributed by atoms with Crippen LogP contribution in [0.1, 0.15) is 32.2 Å². The minimum Gasteiger partial charge on any atom is -0.503 e. The molecule has 0 spiro atoms. The molecule has 0 radical (unpaired) electrons. The number of H-pyrrole nitrogens is 1. The van der Waals surface area contributed by atoms with Crippen molar-refractivity contribution in [1.82, 2.24) is 35.5 Å². The van der Waals surface area contributed by atoms with Gasteiger partial charge in [-0.2, -0.15) is 8.42 Å². The molecule has 2 aromatic heterocycles. The topological polar surface area (TPSA) is 325 Å². The number of oxime groups is 1. The normalized spacial score (nSPS) is 17.3. The van der Waals surface area contributed by atoms with E-state index in [0.717, 1.165) is 37.4 Å². The second-order valence-corrected chi connectivity index (χ2v) is 12.2. The van der Waals surface area contributed by atoms with Gasteiger partial charge in [0, 0.05) is 29.9 Å². The molecule has 23 heteroatoms. The molecule has 0 aliphatic carbocycles. The predicted octanol–water partition coefficient (Wildman–Crippen LogP) is -2.79. The molecule has 0 aromatic carbocycles. The Hall–Kier alpha value is -5.29. The van der Waals surface area contributed by atoms with Crippen LogP contribution in [0.3, 0.4) is 0 Å². The van der Waals surface area contributed by atoms with Gasteiger partial charge in [-0.1, -0.05) is 5.16 Å². The molecular formula is C23H29N9O12S2. The molecule has 3 heterocycles. The number of aromatic nitrogens is 2. The van der Waals surface area contributed by atoms with Crippen molar-refractivity contribution in [2.75, 3.05) is 12.3 Å². The number of pyridine rings is 1. The Morgan fingerprint density at radius 2 is 1.93 bits per heavy atom. The molecule has 3 rings (SSSR count). The summed E-state index contributed by atoms with van der Waals surface area (Å²) in [6.07, 6.45) is 1.03. The van der Waals surface area contributed by atoms with Crippen molar-refractivity contribution in [3.05, 3.63) is 39.3 Å². The number of aromatic amines is 1. The predicted molar refractivity (Wildman–Crippen MR) is 157 cm³/mol.